The fraction of sp³-hybridized carbons (Fsp3) is 0.500. The van der Waals surface area contributed by atoms with Crippen molar-refractivity contribution in [3.8, 4) is 0 Å². The standard InChI is InChI=1S/C26H34NO3S/c1-26(2,3)23-10-13-25(14-11-23)31(29,30)27(18-20-7-5-4-6-8-20)16-15-21-17-24(28)12-9-22(21)19-27/h4-8,10-11,13-14,21-22H,9,12,15-19H2,1-3H3/q+1. The van der Waals surface area contributed by atoms with E-state index in [4.69, 9.17) is 0 Å². The van der Waals surface area contributed by atoms with E-state index >= 15 is 0 Å². The number of benzene rings is 2. The fourth-order valence-electron chi connectivity index (χ4n) is 5.35. The van der Waals surface area contributed by atoms with E-state index in [0.29, 0.717) is 55.0 Å². The van der Waals surface area contributed by atoms with E-state index in [2.05, 4.69) is 20.8 Å². The Labute approximate surface area is 186 Å². The molecule has 0 spiro atoms. The van der Waals surface area contributed by atoms with Crippen molar-refractivity contribution in [3.63, 3.8) is 0 Å². The number of sulfonamides is 1. The first kappa shape index (κ1) is 22.2. The second kappa shape index (κ2) is 8.18. The quantitative estimate of drug-likeness (QED) is 0.623. The summed E-state index contributed by atoms with van der Waals surface area (Å²) in [6, 6.07) is 17.5. The van der Waals surface area contributed by atoms with Crippen molar-refractivity contribution >= 4 is 15.8 Å². The molecule has 0 radical (unpaired) electrons. The first-order valence-corrected chi connectivity index (χ1v) is 12.8. The molecule has 4 rings (SSSR count). The number of nitrogens with zero attached hydrogens (tertiary/aromatic N) is 1. The molecule has 2 fully saturated rings. The number of fused-ring (bicyclic) bond motifs is 1. The average molecular weight is 441 g/mol. The van der Waals surface area contributed by atoms with Crippen LogP contribution in [0.25, 0.3) is 0 Å². The van der Waals surface area contributed by atoms with Crippen LogP contribution in [-0.2, 0) is 26.8 Å². The lowest BCUT2D eigenvalue weighted by Crippen LogP contribution is -2.59. The van der Waals surface area contributed by atoms with Crippen LogP contribution >= 0.6 is 0 Å². The van der Waals surface area contributed by atoms with Gasteiger partial charge in [-0.05, 0) is 35.4 Å². The van der Waals surface area contributed by atoms with Gasteiger partial charge in [-0.15, -0.1) is 0 Å². The molecule has 3 atom stereocenters. The van der Waals surface area contributed by atoms with Gasteiger partial charge in [-0.2, -0.15) is 8.42 Å². The lowest BCUT2D eigenvalue weighted by Gasteiger charge is -2.47. The minimum atomic E-state index is -3.60. The highest BCUT2D eigenvalue weighted by atomic mass is 32.2. The van der Waals surface area contributed by atoms with Crippen LogP contribution in [0.3, 0.4) is 0 Å². The molecule has 1 aliphatic carbocycles. The van der Waals surface area contributed by atoms with Crippen molar-refractivity contribution in [1.29, 1.82) is 0 Å². The zero-order chi connectivity index (χ0) is 22.3. The average Bonchev–Trinajstić information content (AvgIpc) is 2.74. The number of hydrogen-bond acceptors (Lipinski definition) is 3. The monoisotopic (exact) mass is 440 g/mol. The van der Waals surface area contributed by atoms with Gasteiger partial charge in [0.15, 0.2) is 0 Å². The number of carbonyl (C=O) groups excluding carboxylic acids is 1. The molecule has 2 aromatic carbocycles. The molecule has 1 saturated heterocycles. The molecule has 1 saturated carbocycles. The van der Waals surface area contributed by atoms with Gasteiger partial charge in [-0.1, -0.05) is 63.2 Å². The summed E-state index contributed by atoms with van der Waals surface area (Å²) >= 11 is 0. The van der Waals surface area contributed by atoms with Crippen LogP contribution in [0.1, 0.15) is 57.6 Å². The van der Waals surface area contributed by atoms with Crippen LogP contribution in [0.5, 0.6) is 0 Å². The number of piperidine rings is 1. The summed E-state index contributed by atoms with van der Waals surface area (Å²) in [5.41, 5.74) is 2.15. The maximum atomic E-state index is 14.1. The number of hydrogen-bond donors (Lipinski definition) is 0. The number of likely N-dealkylation sites (tertiary alicyclic amines) is 1. The summed E-state index contributed by atoms with van der Waals surface area (Å²) < 4.78 is 28.3. The van der Waals surface area contributed by atoms with E-state index in [-0.39, 0.29) is 9.30 Å². The molecular formula is C26H34NO3S+. The van der Waals surface area contributed by atoms with Crippen molar-refractivity contribution < 1.29 is 17.1 Å². The van der Waals surface area contributed by atoms with Gasteiger partial charge in [-0.25, -0.2) is 3.89 Å². The van der Waals surface area contributed by atoms with Gasteiger partial charge in [-0.3, -0.25) is 4.79 Å². The third-order valence-electron chi connectivity index (χ3n) is 7.27. The summed E-state index contributed by atoms with van der Waals surface area (Å²) in [4.78, 5) is 12.4. The number of rotatable bonds is 4. The third-order valence-corrected chi connectivity index (χ3v) is 9.62. The van der Waals surface area contributed by atoms with Gasteiger partial charge >= 0.3 is 10.0 Å². The second-order valence-corrected chi connectivity index (χ2v) is 12.6. The van der Waals surface area contributed by atoms with Crippen LogP contribution in [0, 0.1) is 11.8 Å². The molecule has 0 bridgehead atoms. The molecule has 1 heterocycles. The lowest BCUT2D eigenvalue weighted by atomic mass is 9.74. The van der Waals surface area contributed by atoms with Crippen molar-refractivity contribution in [3.05, 3.63) is 65.7 Å². The molecule has 0 aromatic heterocycles. The van der Waals surface area contributed by atoms with Gasteiger partial charge in [0.2, 0.25) is 0 Å². The third kappa shape index (κ3) is 4.35. The summed E-state index contributed by atoms with van der Waals surface area (Å²) in [5.74, 6) is 0.963. The van der Waals surface area contributed by atoms with E-state index < -0.39 is 10.0 Å². The lowest BCUT2D eigenvalue weighted by molar-refractivity contribution is -0.832. The van der Waals surface area contributed by atoms with Gasteiger partial charge in [0.25, 0.3) is 0 Å². The Hall–Kier alpha value is -1.98. The van der Waals surface area contributed by atoms with E-state index in [1.165, 1.54) is 0 Å². The fourth-order valence-corrected chi connectivity index (χ4v) is 7.33. The maximum absolute atomic E-state index is 14.1. The van der Waals surface area contributed by atoms with Crippen molar-refractivity contribution in [2.45, 2.75) is 63.3 Å². The van der Waals surface area contributed by atoms with Crippen LogP contribution in [0.4, 0.5) is 0 Å². The van der Waals surface area contributed by atoms with Gasteiger partial charge in [0.05, 0.1) is 13.1 Å². The molecule has 5 heteroatoms. The Morgan fingerprint density at radius 2 is 1.61 bits per heavy atom. The van der Waals surface area contributed by atoms with Crippen molar-refractivity contribution in [1.82, 2.24) is 0 Å². The maximum Gasteiger partial charge on any atom is 0.327 e. The van der Waals surface area contributed by atoms with E-state index in [1.54, 1.807) is 12.1 Å². The van der Waals surface area contributed by atoms with Gasteiger partial charge < -0.3 is 0 Å². The molecule has 0 amide bonds. The smallest absolute Gasteiger partial charge is 0.300 e. The molecule has 3 unspecified atom stereocenters. The van der Waals surface area contributed by atoms with E-state index in [1.807, 2.05) is 42.5 Å². The summed E-state index contributed by atoms with van der Waals surface area (Å²) in [5, 5.41) is 0. The molecule has 4 nitrogen and oxygen atoms in total. The highest BCUT2D eigenvalue weighted by Gasteiger charge is 2.50. The van der Waals surface area contributed by atoms with Gasteiger partial charge in [0, 0.05) is 30.7 Å². The van der Waals surface area contributed by atoms with Crippen LogP contribution in [-0.4, -0.2) is 31.2 Å². The topological polar surface area (TPSA) is 51.2 Å². The summed E-state index contributed by atoms with van der Waals surface area (Å²) in [7, 11) is -3.60. The number of ketones is 1. The second-order valence-electron chi connectivity index (χ2n) is 10.4. The Morgan fingerprint density at radius 3 is 2.26 bits per heavy atom. The Bertz CT molecular complexity index is 1040. The highest BCUT2D eigenvalue weighted by molar-refractivity contribution is 7.86. The van der Waals surface area contributed by atoms with Crippen LogP contribution in [0.15, 0.2) is 59.5 Å². The van der Waals surface area contributed by atoms with Crippen LogP contribution < -0.4 is 0 Å². The number of quaternary nitrogens is 1. The normalized spacial score (nSPS) is 27.0. The number of Topliss-reactive ketones (excluding diaryl/α,β-unsaturated/α-hetero) is 1. The van der Waals surface area contributed by atoms with E-state index in [9.17, 15) is 13.2 Å². The van der Waals surface area contributed by atoms with Crippen LogP contribution in [0.2, 0.25) is 0 Å². The summed E-state index contributed by atoms with van der Waals surface area (Å²) in [6.45, 7) is 8.03. The molecule has 2 aromatic rings. The predicted molar refractivity (Wildman–Crippen MR) is 123 cm³/mol. The Morgan fingerprint density at radius 1 is 0.935 bits per heavy atom. The Balaban J connectivity index is 1.72. The SMILES string of the molecule is CC(C)(C)c1ccc(S(=O)(=O)[N+]2(Cc3ccccc3)CCC3CC(=O)CCC3C2)cc1. The summed E-state index contributed by atoms with van der Waals surface area (Å²) in [6.07, 6.45) is 2.82. The zero-order valence-corrected chi connectivity index (χ0v) is 19.7. The van der Waals surface area contributed by atoms with Crippen molar-refractivity contribution in [2.75, 3.05) is 13.1 Å². The molecule has 0 N–H and O–H groups in total. The Kier molecular flexibility index (Phi) is 5.86. The van der Waals surface area contributed by atoms with Crippen molar-refractivity contribution in [2.24, 2.45) is 11.8 Å². The molecule has 2 aliphatic rings. The molecule has 31 heavy (non-hydrogen) atoms. The minimum Gasteiger partial charge on any atom is -0.300 e. The largest absolute Gasteiger partial charge is 0.327 e. The van der Waals surface area contributed by atoms with E-state index in [0.717, 1.165) is 24.0 Å². The molecule has 1 aliphatic heterocycles. The predicted octanol–water partition coefficient (Wildman–Crippen LogP) is 5.08. The zero-order valence-electron chi connectivity index (χ0n) is 18.9. The molecule has 166 valence electrons. The first-order chi connectivity index (χ1) is 14.6. The first-order valence-electron chi connectivity index (χ1n) is 11.4. The van der Waals surface area contributed by atoms with Gasteiger partial charge in [0.1, 0.15) is 17.2 Å². The minimum absolute atomic E-state index is 0.0223. The molecular weight excluding hydrogens is 406 g/mol. The number of carbonyl (C=O) groups is 1. The highest BCUT2D eigenvalue weighted by Crippen LogP contribution is 2.42.